The second-order valence-electron chi connectivity index (χ2n) is 5.18. The molecule has 0 aliphatic carbocycles. The number of aliphatic hydroxyl groups excluding tert-OH is 1. The van der Waals surface area contributed by atoms with Gasteiger partial charge in [-0.25, -0.2) is 4.98 Å². The number of hydrogen-bond acceptors (Lipinski definition) is 5. The first-order valence-electron chi connectivity index (χ1n) is 6.90. The first-order chi connectivity index (χ1) is 9.72. The standard InChI is InChI=1S/C14H18N2O4/c17-11-8-16(9-11)14(18)10-1-2-13(15-7-10)20-12-3-5-19-6-4-12/h1-2,7,11-12,17H,3-6,8-9H2. The number of amides is 1. The van der Waals surface area contributed by atoms with E-state index >= 15 is 0 Å². The molecule has 1 amide bonds. The average molecular weight is 278 g/mol. The number of ether oxygens (including phenoxy) is 2. The van der Waals surface area contributed by atoms with E-state index in [2.05, 4.69) is 4.98 Å². The van der Waals surface area contributed by atoms with Gasteiger partial charge in [-0.15, -0.1) is 0 Å². The molecular weight excluding hydrogens is 260 g/mol. The van der Waals surface area contributed by atoms with E-state index in [1.165, 1.54) is 6.20 Å². The fourth-order valence-corrected chi connectivity index (χ4v) is 2.34. The molecule has 0 atom stereocenters. The zero-order valence-electron chi connectivity index (χ0n) is 11.2. The highest BCUT2D eigenvalue weighted by atomic mass is 16.5. The summed E-state index contributed by atoms with van der Waals surface area (Å²) in [5.41, 5.74) is 0.524. The second kappa shape index (κ2) is 5.76. The summed E-state index contributed by atoms with van der Waals surface area (Å²) < 4.78 is 11.0. The molecule has 6 heteroatoms. The van der Waals surface area contributed by atoms with Crippen LogP contribution in [0.2, 0.25) is 0 Å². The van der Waals surface area contributed by atoms with Gasteiger partial charge in [-0.2, -0.15) is 0 Å². The van der Waals surface area contributed by atoms with Gasteiger partial charge >= 0.3 is 0 Å². The van der Waals surface area contributed by atoms with Crippen molar-refractivity contribution in [3.8, 4) is 5.88 Å². The van der Waals surface area contributed by atoms with Crippen LogP contribution in [0.5, 0.6) is 5.88 Å². The smallest absolute Gasteiger partial charge is 0.255 e. The fourth-order valence-electron chi connectivity index (χ4n) is 2.34. The molecule has 1 N–H and O–H groups in total. The highest BCUT2D eigenvalue weighted by molar-refractivity contribution is 5.94. The monoisotopic (exact) mass is 278 g/mol. The Morgan fingerprint density at radius 3 is 2.70 bits per heavy atom. The summed E-state index contributed by atoms with van der Waals surface area (Å²) in [6, 6.07) is 3.44. The van der Waals surface area contributed by atoms with Crippen LogP contribution in [0.1, 0.15) is 23.2 Å². The van der Waals surface area contributed by atoms with Gasteiger partial charge in [-0.3, -0.25) is 4.79 Å². The first-order valence-corrected chi connectivity index (χ1v) is 6.90. The SMILES string of the molecule is O=C(c1ccc(OC2CCOCC2)nc1)N1CC(O)C1. The molecular formula is C14H18N2O4. The molecule has 0 saturated carbocycles. The average Bonchev–Trinajstić information content (AvgIpc) is 2.45. The van der Waals surface area contributed by atoms with Gasteiger partial charge in [-0.05, 0) is 6.07 Å². The Bertz CT molecular complexity index is 465. The topological polar surface area (TPSA) is 71.9 Å². The van der Waals surface area contributed by atoms with Gasteiger partial charge in [0.25, 0.3) is 5.91 Å². The van der Waals surface area contributed by atoms with Gasteiger partial charge in [0.1, 0.15) is 6.10 Å². The van der Waals surface area contributed by atoms with E-state index in [1.54, 1.807) is 17.0 Å². The highest BCUT2D eigenvalue weighted by Gasteiger charge is 2.29. The van der Waals surface area contributed by atoms with Crippen molar-refractivity contribution in [2.24, 2.45) is 0 Å². The van der Waals surface area contributed by atoms with Crippen LogP contribution in [0.3, 0.4) is 0 Å². The van der Waals surface area contributed by atoms with Crippen LogP contribution >= 0.6 is 0 Å². The summed E-state index contributed by atoms with van der Waals surface area (Å²) in [6.07, 6.45) is 3.02. The molecule has 0 aromatic carbocycles. The summed E-state index contributed by atoms with van der Waals surface area (Å²) in [7, 11) is 0. The summed E-state index contributed by atoms with van der Waals surface area (Å²) >= 11 is 0. The number of carbonyl (C=O) groups is 1. The van der Waals surface area contributed by atoms with Crippen molar-refractivity contribution in [1.29, 1.82) is 0 Å². The molecule has 3 rings (SSSR count). The number of hydrogen-bond donors (Lipinski definition) is 1. The fraction of sp³-hybridized carbons (Fsp3) is 0.571. The van der Waals surface area contributed by atoms with Crippen molar-refractivity contribution in [3.63, 3.8) is 0 Å². The van der Waals surface area contributed by atoms with Gasteiger partial charge < -0.3 is 19.5 Å². The van der Waals surface area contributed by atoms with E-state index in [9.17, 15) is 9.90 Å². The number of aliphatic hydroxyl groups is 1. The molecule has 20 heavy (non-hydrogen) atoms. The maximum absolute atomic E-state index is 12.0. The molecule has 2 aliphatic heterocycles. The Morgan fingerprint density at radius 1 is 1.35 bits per heavy atom. The van der Waals surface area contributed by atoms with Crippen LogP contribution in [0.4, 0.5) is 0 Å². The zero-order valence-corrected chi connectivity index (χ0v) is 11.2. The maximum Gasteiger partial charge on any atom is 0.255 e. The lowest BCUT2D eigenvalue weighted by atomic mass is 10.1. The van der Waals surface area contributed by atoms with Crippen molar-refractivity contribution < 1.29 is 19.4 Å². The summed E-state index contributed by atoms with van der Waals surface area (Å²) in [4.78, 5) is 17.8. The largest absolute Gasteiger partial charge is 0.474 e. The molecule has 2 aliphatic rings. The van der Waals surface area contributed by atoms with Crippen LogP contribution < -0.4 is 4.74 Å². The van der Waals surface area contributed by atoms with Crippen LogP contribution in [0.25, 0.3) is 0 Å². The quantitative estimate of drug-likeness (QED) is 0.869. The molecule has 1 aromatic rings. The minimum atomic E-state index is -0.386. The number of rotatable bonds is 3. The Kier molecular flexibility index (Phi) is 3.84. The molecule has 2 fully saturated rings. The number of β-amino-alcohol motifs (C(OH)–C–C–N with tert-alkyl or cyclic N) is 1. The lowest BCUT2D eigenvalue weighted by molar-refractivity contribution is 0.00582. The Labute approximate surface area is 117 Å². The van der Waals surface area contributed by atoms with Crippen LogP contribution in [0, 0.1) is 0 Å². The van der Waals surface area contributed by atoms with Gasteiger partial charge in [0.05, 0.1) is 24.9 Å². The Balaban J connectivity index is 1.58. The second-order valence-corrected chi connectivity index (χ2v) is 5.18. The van der Waals surface area contributed by atoms with Crippen molar-refractivity contribution in [2.45, 2.75) is 25.0 Å². The van der Waals surface area contributed by atoms with E-state index in [-0.39, 0.29) is 18.1 Å². The van der Waals surface area contributed by atoms with Gasteiger partial charge in [0.2, 0.25) is 5.88 Å². The summed E-state index contributed by atoms with van der Waals surface area (Å²) in [5, 5.41) is 9.20. The predicted octanol–water partition coefficient (Wildman–Crippen LogP) is 0.456. The third-order valence-electron chi connectivity index (χ3n) is 3.59. The molecule has 0 bridgehead atoms. The Hall–Kier alpha value is -1.66. The zero-order chi connectivity index (χ0) is 13.9. The number of aromatic nitrogens is 1. The van der Waals surface area contributed by atoms with Gasteiger partial charge in [0.15, 0.2) is 0 Å². The van der Waals surface area contributed by atoms with Crippen molar-refractivity contribution >= 4 is 5.91 Å². The number of carbonyl (C=O) groups excluding carboxylic acids is 1. The molecule has 0 unspecified atom stereocenters. The van der Waals surface area contributed by atoms with E-state index in [1.807, 2.05) is 0 Å². The minimum Gasteiger partial charge on any atom is -0.474 e. The summed E-state index contributed by atoms with van der Waals surface area (Å²) in [6.45, 7) is 2.25. The maximum atomic E-state index is 12.0. The molecule has 0 spiro atoms. The summed E-state index contributed by atoms with van der Waals surface area (Å²) in [5.74, 6) is 0.442. The van der Waals surface area contributed by atoms with E-state index in [4.69, 9.17) is 9.47 Å². The number of nitrogens with zero attached hydrogens (tertiary/aromatic N) is 2. The normalized spacial score (nSPS) is 20.6. The minimum absolute atomic E-state index is 0.0968. The van der Waals surface area contributed by atoms with Crippen LogP contribution in [0.15, 0.2) is 18.3 Å². The van der Waals surface area contributed by atoms with Gasteiger partial charge in [0, 0.05) is 38.2 Å². The van der Waals surface area contributed by atoms with Crippen molar-refractivity contribution in [2.75, 3.05) is 26.3 Å². The molecule has 0 radical (unpaired) electrons. The van der Waals surface area contributed by atoms with E-state index in [0.717, 1.165) is 26.1 Å². The number of likely N-dealkylation sites (tertiary alicyclic amines) is 1. The first kappa shape index (κ1) is 13.3. The lowest BCUT2D eigenvalue weighted by Crippen LogP contribution is -2.53. The molecule has 2 saturated heterocycles. The lowest BCUT2D eigenvalue weighted by Gasteiger charge is -2.35. The molecule has 3 heterocycles. The van der Waals surface area contributed by atoms with E-state index < -0.39 is 0 Å². The van der Waals surface area contributed by atoms with Crippen LogP contribution in [-0.2, 0) is 4.74 Å². The van der Waals surface area contributed by atoms with Crippen LogP contribution in [-0.4, -0.2) is 59.4 Å². The molecule has 1 aromatic heterocycles. The predicted molar refractivity (Wildman–Crippen MR) is 70.6 cm³/mol. The Morgan fingerprint density at radius 2 is 2.10 bits per heavy atom. The molecule has 6 nitrogen and oxygen atoms in total. The highest BCUT2D eigenvalue weighted by Crippen LogP contribution is 2.18. The third kappa shape index (κ3) is 2.91. The number of pyridine rings is 1. The van der Waals surface area contributed by atoms with Crippen molar-refractivity contribution in [1.82, 2.24) is 9.88 Å². The van der Waals surface area contributed by atoms with Crippen molar-refractivity contribution in [3.05, 3.63) is 23.9 Å². The third-order valence-corrected chi connectivity index (χ3v) is 3.59. The molecule has 108 valence electrons. The van der Waals surface area contributed by atoms with Gasteiger partial charge in [-0.1, -0.05) is 0 Å². The van der Waals surface area contributed by atoms with E-state index in [0.29, 0.717) is 24.5 Å².